The number of aromatic carboxylic acids is 1. The maximum atomic E-state index is 11.9. The van der Waals surface area contributed by atoms with E-state index in [0.717, 1.165) is 34.0 Å². The molecular weight excluding hydrogens is 384 g/mol. The number of carboxylic acid groups (broad SMARTS) is 1. The summed E-state index contributed by atoms with van der Waals surface area (Å²) in [6.45, 7) is 3.13. The van der Waals surface area contributed by atoms with E-state index in [-0.39, 0.29) is 0 Å². The maximum Gasteiger partial charge on any atom is 0.352 e. The van der Waals surface area contributed by atoms with Crippen molar-refractivity contribution in [1.82, 2.24) is 9.88 Å². The summed E-state index contributed by atoms with van der Waals surface area (Å²) in [7, 11) is 6.56. The van der Waals surface area contributed by atoms with Gasteiger partial charge in [-0.2, -0.15) is 0 Å². The summed E-state index contributed by atoms with van der Waals surface area (Å²) in [6, 6.07) is 9.86. The van der Waals surface area contributed by atoms with E-state index in [1.807, 2.05) is 37.3 Å². The second kappa shape index (κ2) is 9.09. The lowest BCUT2D eigenvalue weighted by molar-refractivity contribution is 0.0685. The molecule has 1 heterocycles. The van der Waals surface area contributed by atoms with Crippen LogP contribution in [0.2, 0.25) is 0 Å². The first-order valence-electron chi connectivity index (χ1n) is 9.72. The van der Waals surface area contributed by atoms with Gasteiger partial charge in [0, 0.05) is 30.1 Å². The SMILES string of the molecule is COc1cc(CCNCc2c(C(=O)O)n(C)c3cc(C)ccc23)cc(OC)c1OC. The van der Waals surface area contributed by atoms with E-state index >= 15 is 0 Å². The Hall–Kier alpha value is -3.19. The van der Waals surface area contributed by atoms with Crippen molar-refractivity contribution < 1.29 is 24.1 Å². The molecule has 30 heavy (non-hydrogen) atoms. The van der Waals surface area contributed by atoms with Gasteiger partial charge in [-0.25, -0.2) is 4.79 Å². The van der Waals surface area contributed by atoms with Crippen molar-refractivity contribution in [2.24, 2.45) is 7.05 Å². The number of nitrogens with zero attached hydrogens (tertiary/aromatic N) is 1. The third kappa shape index (κ3) is 4.07. The van der Waals surface area contributed by atoms with Crippen molar-refractivity contribution in [3.05, 3.63) is 52.7 Å². The summed E-state index contributed by atoms with van der Waals surface area (Å²) >= 11 is 0. The molecule has 0 aliphatic carbocycles. The number of ether oxygens (including phenoxy) is 3. The fourth-order valence-electron chi connectivity index (χ4n) is 3.80. The molecule has 3 aromatic rings. The van der Waals surface area contributed by atoms with E-state index in [4.69, 9.17) is 14.2 Å². The van der Waals surface area contributed by atoms with Crippen LogP contribution in [0.3, 0.4) is 0 Å². The summed E-state index contributed by atoms with van der Waals surface area (Å²) in [5.74, 6) is 0.871. The average Bonchev–Trinajstić information content (AvgIpc) is 3.01. The Balaban J connectivity index is 1.77. The summed E-state index contributed by atoms with van der Waals surface area (Å²) in [5.41, 5.74) is 4.17. The first kappa shape index (κ1) is 21.5. The molecule has 3 rings (SSSR count). The standard InChI is InChI=1S/C23H28N2O5/c1-14-6-7-16-17(21(23(26)27)25(2)18(16)10-14)13-24-9-8-15-11-19(28-3)22(30-5)20(12-15)29-4/h6-7,10-12,24H,8-9,13H2,1-5H3,(H,26,27). The monoisotopic (exact) mass is 412 g/mol. The van der Waals surface area contributed by atoms with E-state index in [0.29, 0.717) is 36.0 Å². The van der Waals surface area contributed by atoms with Gasteiger partial charge >= 0.3 is 5.97 Å². The highest BCUT2D eigenvalue weighted by atomic mass is 16.5. The molecule has 0 atom stereocenters. The number of nitrogens with one attached hydrogen (secondary N) is 1. The third-order valence-corrected chi connectivity index (χ3v) is 5.28. The molecule has 0 unspecified atom stereocenters. The zero-order chi connectivity index (χ0) is 21.8. The largest absolute Gasteiger partial charge is 0.493 e. The number of carboxylic acids is 1. The van der Waals surface area contributed by atoms with E-state index in [2.05, 4.69) is 5.32 Å². The van der Waals surface area contributed by atoms with Crippen LogP contribution in [0.15, 0.2) is 30.3 Å². The Bertz CT molecular complexity index is 1050. The smallest absolute Gasteiger partial charge is 0.352 e. The molecule has 0 aliphatic heterocycles. The molecule has 160 valence electrons. The molecular formula is C23H28N2O5. The number of fused-ring (bicyclic) bond motifs is 1. The van der Waals surface area contributed by atoms with Crippen LogP contribution in [0, 0.1) is 6.92 Å². The van der Waals surface area contributed by atoms with Crippen molar-refractivity contribution in [2.45, 2.75) is 19.9 Å². The molecule has 0 spiro atoms. The van der Waals surface area contributed by atoms with Crippen LogP contribution in [0.5, 0.6) is 17.2 Å². The van der Waals surface area contributed by atoms with Gasteiger partial charge in [0.05, 0.1) is 21.3 Å². The van der Waals surface area contributed by atoms with Gasteiger partial charge in [-0.15, -0.1) is 0 Å². The van der Waals surface area contributed by atoms with Gasteiger partial charge in [-0.05, 0) is 49.2 Å². The minimum atomic E-state index is -0.923. The quantitative estimate of drug-likeness (QED) is 0.523. The van der Waals surface area contributed by atoms with Crippen LogP contribution in [-0.4, -0.2) is 43.5 Å². The summed E-state index contributed by atoms with van der Waals surface area (Å²) in [6.07, 6.45) is 0.725. The molecule has 2 aromatic carbocycles. The van der Waals surface area contributed by atoms with Gasteiger partial charge in [0.2, 0.25) is 5.75 Å². The molecule has 0 bridgehead atoms. The van der Waals surface area contributed by atoms with E-state index in [1.165, 1.54) is 0 Å². The predicted molar refractivity (Wildman–Crippen MR) is 116 cm³/mol. The normalized spacial score (nSPS) is 11.0. The van der Waals surface area contributed by atoms with E-state index < -0.39 is 5.97 Å². The number of hydrogen-bond donors (Lipinski definition) is 2. The first-order chi connectivity index (χ1) is 14.4. The lowest BCUT2D eigenvalue weighted by Gasteiger charge is -2.14. The van der Waals surface area contributed by atoms with Gasteiger partial charge in [-0.3, -0.25) is 0 Å². The zero-order valence-electron chi connectivity index (χ0n) is 18.0. The van der Waals surface area contributed by atoms with Crippen LogP contribution in [0.1, 0.15) is 27.2 Å². The van der Waals surface area contributed by atoms with Crippen LogP contribution >= 0.6 is 0 Å². The maximum absolute atomic E-state index is 11.9. The fraction of sp³-hybridized carbons (Fsp3) is 0.348. The van der Waals surface area contributed by atoms with Gasteiger partial charge in [0.15, 0.2) is 11.5 Å². The summed E-state index contributed by atoms with van der Waals surface area (Å²) in [4.78, 5) is 11.9. The molecule has 0 fully saturated rings. The molecule has 0 saturated heterocycles. The summed E-state index contributed by atoms with van der Waals surface area (Å²) < 4.78 is 17.9. The molecule has 0 aliphatic rings. The van der Waals surface area contributed by atoms with Crippen molar-refractivity contribution in [3.63, 3.8) is 0 Å². The topological polar surface area (TPSA) is 82.0 Å². The minimum Gasteiger partial charge on any atom is -0.493 e. The van der Waals surface area contributed by atoms with Gasteiger partial charge in [0.25, 0.3) is 0 Å². The molecule has 0 amide bonds. The number of aryl methyl sites for hydroxylation is 2. The number of hydrogen-bond acceptors (Lipinski definition) is 5. The highest BCUT2D eigenvalue weighted by Gasteiger charge is 2.20. The highest BCUT2D eigenvalue weighted by molar-refractivity contribution is 5.98. The predicted octanol–water partition coefficient (Wildman–Crippen LogP) is 3.54. The van der Waals surface area contributed by atoms with E-state index in [9.17, 15) is 9.90 Å². The molecule has 7 heteroatoms. The second-order valence-corrected chi connectivity index (χ2v) is 7.17. The van der Waals surface area contributed by atoms with Crippen LogP contribution in [0.4, 0.5) is 0 Å². The molecule has 1 aromatic heterocycles. The molecule has 0 radical (unpaired) electrons. The number of carbonyl (C=O) groups is 1. The molecule has 2 N–H and O–H groups in total. The number of rotatable bonds is 9. The first-order valence-corrected chi connectivity index (χ1v) is 9.72. The van der Waals surface area contributed by atoms with Crippen LogP contribution in [-0.2, 0) is 20.0 Å². The minimum absolute atomic E-state index is 0.316. The summed E-state index contributed by atoms with van der Waals surface area (Å²) in [5, 5.41) is 14.1. The van der Waals surface area contributed by atoms with Crippen molar-refractivity contribution in [1.29, 1.82) is 0 Å². The van der Waals surface area contributed by atoms with Crippen LogP contribution < -0.4 is 19.5 Å². The van der Waals surface area contributed by atoms with E-state index in [1.54, 1.807) is 32.9 Å². The van der Waals surface area contributed by atoms with Gasteiger partial charge in [-0.1, -0.05) is 12.1 Å². The Labute approximate surface area is 176 Å². The third-order valence-electron chi connectivity index (χ3n) is 5.28. The van der Waals surface area contributed by atoms with Crippen LogP contribution in [0.25, 0.3) is 10.9 Å². The van der Waals surface area contributed by atoms with Gasteiger partial charge in [0.1, 0.15) is 5.69 Å². The Kier molecular flexibility index (Phi) is 6.52. The fourth-order valence-corrected chi connectivity index (χ4v) is 3.80. The van der Waals surface area contributed by atoms with Crippen molar-refractivity contribution in [3.8, 4) is 17.2 Å². The Morgan fingerprint density at radius 3 is 2.30 bits per heavy atom. The number of aromatic nitrogens is 1. The van der Waals surface area contributed by atoms with Gasteiger partial charge < -0.3 is 29.2 Å². The van der Waals surface area contributed by atoms with Crippen molar-refractivity contribution >= 4 is 16.9 Å². The average molecular weight is 412 g/mol. The number of methoxy groups -OCH3 is 3. The lowest BCUT2D eigenvalue weighted by atomic mass is 10.1. The molecule has 7 nitrogen and oxygen atoms in total. The lowest BCUT2D eigenvalue weighted by Crippen LogP contribution is -2.19. The Morgan fingerprint density at radius 1 is 1.07 bits per heavy atom. The molecule has 0 saturated carbocycles. The van der Waals surface area contributed by atoms with Crippen molar-refractivity contribution in [2.75, 3.05) is 27.9 Å². The highest BCUT2D eigenvalue weighted by Crippen LogP contribution is 2.38. The second-order valence-electron chi connectivity index (χ2n) is 7.17. The zero-order valence-corrected chi connectivity index (χ0v) is 18.0. The Morgan fingerprint density at radius 2 is 1.73 bits per heavy atom. The number of benzene rings is 2.